The molecule has 1 atom stereocenters. The van der Waals surface area contributed by atoms with Crippen molar-refractivity contribution in [3.63, 3.8) is 0 Å². The lowest BCUT2D eigenvalue weighted by Gasteiger charge is -2.14. The van der Waals surface area contributed by atoms with Crippen LogP contribution in [0.1, 0.15) is 0 Å². The maximum absolute atomic E-state index is 13.1. The number of anilines is 2. The van der Waals surface area contributed by atoms with E-state index in [0.717, 1.165) is 18.4 Å². The molecule has 0 aliphatic heterocycles. The number of aliphatic hydroxyl groups is 1. The number of rotatable bonds is 11. The van der Waals surface area contributed by atoms with E-state index < -0.39 is 27.8 Å². The highest BCUT2D eigenvalue weighted by Crippen LogP contribution is 2.16. The zero-order valence-electron chi connectivity index (χ0n) is 15.3. The summed E-state index contributed by atoms with van der Waals surface area (Å²) in [7, 11) is -3.33. The molecule has 0 unspecified atom stereocenters. The lowest BCUT2D eigenvalue weighted by molar-refractivity contribution is 0.107. The van der Waals surface area contributed by atoms with Gasteiger partial charge in [0.05, 0.1) is 6.26 Å². The molecule has 0 spiro atoms. The first-order valence-corrected chi connectivity index (χ1v) is 10.4. The minimum absolute atomic E-state index is 0.0580. The van der Waals surface area contributed by atoms with Gasteiger partial charge in [0.1, 0.15) is 18.5 Å². The smallest absolute Gasteiger partial charge is 0.229 e. The summed E-state index contributed by atoms with van der Waals surface area (Å²) in [4.78, 5) is 0. The van der Waals surface area contributed by atoms with E-state index >= 15 is 0 Å². The molecule has 0 aliphatic rings. The van der Waals surface area contributed by atoms with Crippen molar-refractivity contribution in [1.82, 2.24) is 5.32 Å². The Hall–Kier alpha value is -2.43. The fourth-order valence-corrected chi connectivity index (χ4v) is 2.82. The van der Waals surface area contributed by atoms with Crippen molar-refractivity contribution in [1.29, 1.82) is 0 Å². The zero-order chi connectivity index (χ0) is 20.6. The Labute approximate surface area is 162 Å². The summed E-state index contributed by atoms with van der Waals surface area (Å²) in [5.41, 5.74) is 0.893. The molecule has 2 aromatic carbocycles. The Kier molecular flexibility index (Phi) is 7.97. The normalized spacial score (nSPS) is 12.4. The van der Waals surface area contributed by atoms with Gasteiger partial charge in [0.2, 0.25) is 10.0 Å². The molecule has 0 amide bonds. The second-order valence-electron chi connectivity index (χ2n) is 6.12. The third-order valence-electron chi connectivity index (χ3n) is 3.53. The average molecular weight is 415 g/mol. The Bertz CT molecular complexity index is 864. The number of ether oxygens (including phenoxy) is 1. The molecule has 0 bridgehead atoms. The van der Waals surface area contributed by atoms with Crippen molar-refractivity contribution >= 4 is 21.4 Å². The first kappa shape index (κ1) is 21.9. The van der Waals surface area contributed by atoms with Gasteiger partial charge >= 0.3 is 0 Å². The average Bonchev–Trinajstić information content (AvgIpc) is 2.62. The van der Waals surface area contributed by atoms with Crippen molar-refractivity contribution < 1.29 is 27.0 Å². The van der Waals surface area contributed by atoms with Gasteiger partial charge in [0.25, 0.3) is 0 Å². The maximum Gasteiger partial charge on any atom is 0.229 e. The van der Waals surface area contributed by atoms with E-state index in [-0.39, 0.29) is 13.2 Å². The maximum atomic E-state index is 13.1. The van der Waals surface area contributed by atoms with Crippen LogP contribution in [0.15, 0.2) is 42.5 Å². The number of halogens is 2. The SMILES string of the molecule is CS(=O)(=O)Nc1ccc(OC[C@H](O)CNCCNc2ccc(F)c(F)c2)cc1. The van der Waals surface area contributed by atoms with Crippen LogP contribution in [0.4, 0.5) is 20.2 Å². The highest BCUT2D eigenvalue weighted by atomic mass is 32.2. The molecule has 0 heterocycles. The second kappa shape index (κ2) is 10.2. The van der Waals surface area contributed by atoms with Crippen LogP contribution in [0.25, 0.3) is 0 Å². The lowest BCUT2D eigenvalue weighted by Crippen LogP contribution is -2.34. The zero-order valence-corrected chi connectivity index (χ0v) is 16.1. The predicted molar refractivity (Wildman–Crippen MR) is 104 cm³/mol. The monoisotopic (exact) mass is 415 g/mol. The molecule has 0 aromatic heterocycles. The van der Waals surface area contributed by atoms with Crippen LogP contribution in [0.5, 0.6) is 5.75 Å². The number of hydrogen-bond acceptors (Lipinski definition) is 6. The molecular formula is C18H23F2N3O4S. The van der Waals surface area contributed by atoms with Crippen LogP contribution in [0.2, 0.25) is 0 Å². The van der Waals surface area contributed by atoms with Crippen molar-refractivity contribution in [2.24, 2.45) is 0 Å². The summed E-state index contributed by atoms with van der Waals surface area (Å²) in [5.74, 6) is -1.31. The summed E-state index contributed by atoms with van der Waals surface area (Å²) >= 11 is 0. The van der Waals surface area contributed by atoms with Crippen LogP contribution < -0.4 is 20.1 Å². The number of nitrogens with one attached hydrogen (secondary N) is 3. The molecule has 2 rings (SSSR count). The van der Waals surface area contributed by atoms with Crippen LogP contribution >= 0.6 is 0 Å². The third-order valence-corrected chi connectivity index (χ3v) is 4.14. The molecule has 28 heavy (non-hydrogen) atoms. The molecule has 10 heteroatoms. The highest BCUT2D eigenvalue weighted by molar-refractivity contribution is 7.92. The quantitative estimate of drug-likeness (QED) is 0.418. The van der Waals surface area contributed by atoms with Gasteiger partial charge in [0.15, 0.2) is 11.6 Å². The van der Waals surface area contributed by atoms with Crippen molar-refractivity contribution in [3.8, 4) is 5.75 Å². The Balaban J connectivity index is 1.62. The molecule has 0 saturated heterocycles. The van der Waals surface area contributed by atoms with Crippen LogP contribution in [-0.2, 0) is 10.0 Å². The molecule has 0 fully saturated rings. The van der Waals surface area contributed by atoms with E-state index in [1.165, 1.54) is 6.07 Å². The van der Waals surface area contributed by atoms with E-state index in [1.807, 2.05) is 0 Å². The van der Waals surface area contributed by atoms with Gasteiger partial charge in [-0.1, -0.05) is 0 Å². The third kappa shape index (κ3) is 8.07. The standard InChI is InChI=1S/C18H23F2N3O4S/c1-28(25,26)23-13-2-5-16(6-3-13)27-12-15(24)11-21-8-9-22-14-4-7-17(19)18(20)10-14/h2-7,10,15,21-24H,8-9,11-12H2,1H3/t15-/m1/s1. The van der Waals surface area contributed by atoms with Crippen molar-refractivity contribution in [2.75, 3.05) is 42.5 Å². The van der Waals surface area contributed by atoms with Gasteiger partial charge in [-0.2, -0.15) is 0 Å². The number of benzene rings is 2. The molecule has 7 nitrogen and oxygen atoms in total. The minimum Gasteiger partial charge on any atom is -0.491 e. The number of aliphatic hydroxyl groups excluding tert-OH is 1. The van der Waals surface area contributed by atoms with Gasteiger partial charge in [-0.3, -0.25) is 4.72 Å². The summed E-state index contributed by atoms with van der Waals surface area (Å²) in [5, 5.41) is 15.9. The van der Waals surface area contributed by atoms with E-state index in [9.17, 15) is 22.3 Å². The molecule has 0 radical (unpaired) electrons. The fourth-order valence-electron chi connectivity index (χ4n) is 2.25. The molecule has 2 aromatic rings. The van der Waals surface area contributed by atoms with Crippen LogP contribution in [0.3, 0.4) is 0 Å². The van der Waals surface area contributed by atoms with Gasteiger partial charge in [-0.05, 0) is 42.5 Å². The van der Waals surface area contributed by atoms with Crippen LogP contribution in [-0.4, -0.2) is 52.1 Å². The second-order valence-corrected chi connectivity index (χ2v) is 7.87. The Morgan fingerprint density at radius 3 is 2.36 bits per heavy atom. The molecule has 154 valence electrons. The predicted octanol–water partition coefficient (Wildman–Crippen LogP) is 1.78. The molecule has 0 saturated carbocycles. The first-order chi connectivity index (χ1) is 13.2. The molecule has 0 aliphatic carbocycles. The van der Waals surface area contributed by atoms with Gasteiger partial charge in [-0.15, -0.1) is 0 Å². The lowest BCUT2D eigenvalue weighted by atomic mass is 10.3. The minimum atomic E-state index is -3.33. The van der Waals surface area contributed by atoms with Gasteiger partial charge in [0, 0.05) is 31.0 Å². The Morgan fingerprint density at radius 2 is 1.71 bits per heavy atom. The largest absolute Gasteiger partial charge is 0.491 e. The molecular weight excluding hydrogens is 392 g/mol. The summed E-state index contributed by atoms with van der Waals surface area (Å²) in [6, 6.07) is 9.89. The van der Waals surface area contributed by atoms with E-state index in [0.29, 0.717) is 30.2 Å². The highest BCUT2D eigenvalue weighted by Gasteiger charge is 2.06. The summed E-state index contributed by atoms with van der Waals surface area (Å²) in [6.07, 6.45) is 0.311. The van der Waals surface area contributed by atoms with Crippen LogP contribution in [0, 0.1) is 11.6 Å². The topological polar surface area (TPSA) is 99.7 Å². The van der Waals surface area contributed by atoms with Crippen molar-refractivity contribution in [3.05, 3.63) is 54.1 Å². The van der Waals surface area contributed by atoms with E-state index in [2.05, 4.69) is 15.4 Å². The number of hydrogen-bond donors (Lipinski definition) is 4. The van der Waals surface area contributed by atoms with Gasteiger partial charge < -0.3 is 20.5 Å². The molecule has 4 N–H and O–H groups in total. The summed E-state index contributed by atoms with van der Waals surface area (Å²) < 4.78 is 56.0. The fraction of sp³-hybridized carbons (Fsp3) is 0.333. The van der Waals surface area contributed by atoms with Gasteiger partial charge in [-0.25, -0.2) is 17.2 Å². The number of sulfonamides is 1. The van der Waals surface area contributed by atoms with Crippen molar-refractivity contribution in [2.45, 2.75) is 6.10 Å². The van der Waals surface area contributed by atoms with E-state index in [1.54, 1.807) is 24.3 Å². The Morgan fingerprint density at radius 1 is 1.04 bits per heavy atom. The first-order valence-electron chi connectivity index (χ1n) is 8.51. The van der Waals surface area contributed by atoms with E-state index in [4.69, 9.17) is 4.74 Å². The summed E-state index contributed by atoms with van der Waals surface area (Å²) in [6.45, 7) is 1.31.